The number of aliphatic imine (C=N–C) groups is 1. The van der Waals surface area contributed by atoms with Gasteiger partial charge in [0.1, 0.15) is 0 Å². The second-order valence-corrected chi connectivity index (χ2v) is 6.27. The molecule has 2 heterocycles. The van der Waals surface area contributed by atoms with Crippen LogP contribution < -0.4 is 0 Å². The summed E-state index contributed by atoms with van der Waals surface area (Å²) in [4.78, 5) is 8.87. The molecule has 1 aromatic carbocycles. The first-order valence-corrected chi connectivity index (χ1v) is 8.45. The standard InChI is InChI=1S/C19H17ClN4/c1-13(14-5-3-2-4-6-14)9-16-11-21-18-10-17(15-7-8-15)23-24(18)19(16)22-12-20/h2-6,9-12,15H,7-8H2,1H3/b13-9+,22-12+. The van der Waals surface area contributed by atoms with Crippen molar-refractivity contribution < 1.29 is 0 Å². The minimum atomic E-state index is 0.574. The largest absolute Gasteiger partial charge is 0.236 e. The molecule has 5 heteroatoms. The van der Waals surface area contributed by atoms with E-state index in [0.29, 0.717) is 11.7 Å². The van der Waals surface area contributed by atoms with Crippen LogP contribution in [0.4, 0.5) is 5.82 Å². The van der Waals surface area contributed by atoms with Crippen LogP contribution in [0.15, 0.2) is 47.6 Å². The second kappa shape index (κ2) is 6.21. The van der Waals surface area contributed by atoms with E-state index in [1.807, 2.05) is 30.5 Å². The zero-order valence-corrected chi connectivity index (χ0v) is 14.1. The first kappa shape index (κ1) is 15.1. The monoisotopic (exact) mass is 336 g/mol. The van der Waals surface area contributed by atoms with E-state index in [0.717, 1.165) is 28.0 Å². The van der Waals surface area contributed by atoms with E-state index in [-0.39, 0.29) is 0 Å². The van der Waals surface area contributed by atoms with Gasteiger partial charge in [-0.05, 0) is 37.0 Å². The van der Waals surface area contributed by atoms with Gasteiger partial charge in [0.2, 0.25) is 0 Å². The molecule has 0 amide bonds. The molecule has 24 heavy (non-hydrogen) atoms. The highest BCUT2D eigenvalue weighted by Crippen LogP contribution is 2.40. The summed E-state index contributed by atoms with van der Waals surface area (Å²) in [6.07, 6.45) is 6.31. The summed E-state index contributed by atoms with van der Waals surface area (Å²) in [6, 6.07) is 12.3. The lowest BCUT2D eigenvalue weighted by molar-refractivity contribution is 0.880. The molecule has 4 nitrogen and oxygen atoms in total. The highest BCUT2D eigenvalue weighted by atomic mass is 35.5. The van der Waals surface area contributed by atoms with Crippen molar-refractivity contribution in [3.8, 4) is 0 Å². The lowest BCUT2D eigenvalue weighted by Gasteiger charge is -2.06. The fourth-order valence-electron chi connectivity index (χ4n) is 2.83. The number of hydrogen-bond acceptors (Lipinski definition) is 3. The third-order valence-corrected chi connectivity index (χ3v) is 4.37. The number of benzene rings is 1. The molecule has 0 unspecified atom stereocenters. The summed E-state index contributed by atoms with van der Waals surface area (Å²) in [6.45, 7) is 2.08. The number of allylic oxidation sites excluding steroid dienone is 1. The highest BCUT2D eigenvalue weighted by Gasteiger charge is 2.27. The Morgan fingerprint density at radius 3 is 2.79 bits per heavy atom. The van der Waals surface area contributed by atoms with Crippen molar-refractivity contribution in [3.05, 3.63) is 59.4 Å². The van der Waals surface area contributed by atoms with Crippen LogP contribution in [-0.4, -0.2) is 20.3 Å². The van der Waals surface area contributed by atoms with Crippen molar-refractivity contribution in [1.82, 2.24) is 14.6 Å². The first-order valence-electron chi connectivity index (χ1n) is 8.01. The van der Waals surface area contributed by atoms with Gasteiger partial charge in [-0.1, -0.05) is 41.9 Å². The van der Waals surface area contributed by atoms with Crippen LogP contribution in [0.1, 0.15) is 42.5 Å². The summed E-state index contributed by atoms with van der Waals surface area (Å²) < 4.78 is 1.79. The van der Waals surface area contributed by atoms with E-state index < -0.39 is 0 Å². The molecule has 1 fully saturated rings. The van der Waals surface area contributed by atoms with Gasteiger partial charge in [0.15, 0.2) is 11.5 Å². The topological polar surface area (TPSA) is 42.5 Å². The van der Waals surface area contributed by atoms with E-state index in [1.54, 1.807) is 4.52 Å². The molecule has 0 aliphatic heterocycles. The normalized spacial score (nSPS) is 15.5. The van der Waals surface area contributed by atoms with E-state index in [9.17, 15) is 0 Å². The Morgan fingerprint density at radius 1 is 1.29 bits per heavy atom. The molecule has 3 aromatic rings. The zero-order chi connectivity index (χ0) is 16.5. The molecule has 2 aromatic heterocycles. The maximum atomic E-state index is 5.77. The number of aromatic nitrogens is 3. The Bertz CT molecular complexity index is 937. The van der Waals surface area contributed by atoms with E-state index in [4.69, 9.17) is 11.6 Å². The SMILES string of the molecule is C/C(=C\c1cnc2cc(C3CC3)nn2c1/N=C/Cl)c1ccccc1. The van der Waals surface area contributed by atoms with E-state index >= 15 is 0 Å². The van der Waals surface area contributed by atoms with Crippen LogP contribution in [0.25, 0.3) is 17.3 Å². The molecular formula is C19H17ClN4. The molecule has 1 aliphatic carbocycles. The summed E-state index contributed by atoms with van der Waals surface area (Å²) >= 11 is 5.77. The molecule has 4 rings (SSSR count). The van der Waals surface area contributed by atoms with Gasteiger partial charge < -0.3 is 0 Å². The third-order valence-electron chi connectivity index (χ3n) is 4.27. The quantitative estimate of drug-likeness (QED) is 0.624. The molecule has 0 spiro atoms. The minimum absolute atomic E-state index is 0.574. The maximum absolute atomic E-state index is 5.77. The van der Waals surface area contributed by atoms with Crippen LogP contribution in [0.3, 0.4) is 0 Å². The predicted octanol–water partition coefficient (Wildman–Crippen LogP) is 5.07. The summed E-state index contributed by atoms with van der Waals surface area (Å²) in [5, 5.41) is 4.69. The third kappa shape index (κ3) is 2.85. The van der Waals surface area contributed by atoms with Gasteiger partial charge in [0, 0.05) is 23.7 Å². The molecule has 1 saturated carbocycles. The smallest absolute Gasteiger partial charge is 0.165 e. The van der Waals surface area contributed by atoms with Gasteiger partial charge in [0.25, 0.3) is 0 Å². The molecule has 0 saturated heterocycles. The fraction of sp³-hybridized carbons (Fsp3) is 0.211. The fourth-order valence-corrected chi connectivity index (χ4v) is 2.92. The van der Waals surface area contributed by atoms with Crippen molar-refractivity contribution in [2.75, 3.05) is 0 Å². The summed E-state index contributed by atoms with van der Waals surface area (Å²) in [5.74, 6) is 1.28. The zero-order valence-electron chi connectivity index (χ0n) is 13.4. The first-order chi connectivity index (χ1) is 11.8. The summed E-state index contributed by atoms with van der Waals surface area (Å²) in [7, 11) is 0. The number of nitrogens with zero attached hydrogens (tertiary/aromatic N) is 4. The average Bonchev–Trinajstić information content (AvgIpc) is 3.37. The van der Waals surface area contributed by atoms with Gasteiger partial charge in [0.05, 0.1) is 11.4 Å². The minimum Gasteiger partial charge on any atom is -0.236 e. The second-order valence-electron chi connectivity index (χ2n) is 6.07. The van der Waals surface area contributed by atoms with Crippen molar-refractivity contribution in [2.24, 2.45) is 4.99 Å². The van der Waals surface area contributed by atoms with Crippen molar-refractivity contribution in [1.29, 1.82) is 0 Å². The van der Waals surface area contributed by atoms with Crippen LogP contribution >= 0.6 is 11.6 Å². The van der Waals surface area contributed by atoms with Gasteiger partial charge in [-0.25, -0.2) is 9.98 Å². The van der Waals surface area contributed by atoms with Crippen LogP contribution in [0, 0.1) is 0 Å². The number of rotatable bonds is 4. The molecule has 0 atom stereocenters. The molecule has 0 N–H and O–H groups in total. The molecule has 1 aliphatic rings. The predicted molar refractivity (Wildman–Crippen MR) is 99.0 cm³/mol. The van der Waals surface area contributed by atoms with Gasteiger partial charge in [-0.3, -0.25) is 0 Å². The van der Waals surface area contributed by atoms with E-state index in [2.05, 4.69) is 40.2 Å². The number of halogens is 1. The lowest BCUT2D eigenvalue weighted by atomic mass is 10.1. The van der Waals surface area contributed by atoms with Crippen molar-refractivity contribution in [3.63, 3.8) is 0 Å². The van der Waals surface area contributed by atoms with Gasteiger partial charge >= 0.3 is 0 Å². The number of fused-ring (bicyclic) bond motifs is 1. The van der Waals surface area contributed by atoms with E-state index in [1.165, 1.54) is 18.5 Å². The highest BCUT2D eigenvalue weighted by molar-refractivity contribution is 6.56. The van der Waals surface area contributed by atoms with Crippen LogP contribution in [0.2, 0.25) is 0 Å². The Hall–Kier alpha value is -2.46. The number of hydrogen-bond donors (Lipinski definition) is 0. The maximum Gasteiger partial charge on any atom is 0.165 e. The van der Waals surface area contributed by atoms with Gasteiger partial charge in [-0.2, -0.15) is 9.61 Å². The molecule has 0 bridgehead atoms. The van der Waals surface area contributed by atoms with Crippen LogP contribution in [-0.2, 0) is 0 Å². The Balaban J connectivity index is 1.83. The Labute approximate surface area is 145 Å². The van der Waals surface area contributed by atoms with Crippen molar-refractivity contribution in [2.45, 2.75) is 25.7 Å². The average molecular weight is 337 g/mol. The lowest BCUT2D eigenvalue weighted by Crippen LogP contribution is -1.95. The van der Waals surface area contributed by atoms with Gasteiger partial charge in [-0.15, -0.1) is 0 Å². The van der Waals surface area contributed by atoms with Crippen molar-refractivity contribution >= 4 is 40.4 Å². The molecule has 0 radical (unpaired) electrons. The summed E-state index contributed by atoms with van der Waals surface area (Å²) in [5.41, 5.74) is 6.38. The molecule has 120 valence electrons. The Morgan fingerprint density at radius 2 is 2.08 bits per heavy atom. The Kier molecular flexibility index (Phi) is 3.90. The van der Waals surface area contributed by atoms with Crippen LogP contribution in [0.5, 0.6) is 0 Å². The molecular weight excluding hydrogens is 320 g/mol.